The number of rotatable bonds is 5. The van der Waals surface area contributed by atoms with Gasteiger partial charge in [-0.2, -0.15) is 18.2 Å². The number of halogens is 3. The summed E-state index contributed by atoms with van der Waals surface area (Å²) in [6.45, 7) is 2.37. The van der Waals surface area contributed by atoms with Crippen molar-refractivity contribution in [3.05, 3.63) is 47.2 Å². The molecule has 0 unspecified atom stereocenters. The Balaban J connectivity index is 1.79. The third kappa shape index (κ3) is 4.86. The number of hydrogen-bond donors (Lipinski definition) is 2. The lowest BCUT2D eigenvalue weighted by Gasteiger charge is -2.23. The lowest BCUT2D eigenvalue weighted by atomic mass is 9.96. The van der Waals surface area contributed by atoms with E-state index in [1.165, 1.54) is 6.42 Å². The highest BCUT2D eigenvalue weighted by atomic mass is 19.4. The number of aromatic nitrogens is 2. The van der Waals surface area contributed by atoms with Gasteiger partial charge >= 0.3 is 6.18 Å². The normalized spacial score (nSPS) is 15.7. The highest BCUT2D eigenvalue weighted by Gasteiger charge is 2.34. The van der Waals surface area contributed by atoms with Gasteiger partial charge in [-0.05, 0) is 30.9 Å². The molecule has 3 rings (SSSR count). The fourth-order valence-electron chi connectivity index (χ4n) is 3.17. The van der Waals surface area contributed by atoms with Gasteiger partial charge in [0.1, 0.15) is 5.82 Å². The molecule has 0 bridgehead atoms. The van der Waals surface area contributed by atoms with Crippen LogP contribution in [0.25, 0.3) is 0 Å². The molecule has 1 saturated carbocycles. The Morgan fingerprint density at radius 1 is 1.08 bits per heavy atom. The van der Waals surface area contributed by atoms with E-state index in [-0.39, 0.29) is 17.8 Å². The van der Waals surface area contributed by atoms with Crippen molar-refractivity contribution in [3.63, 3.8) is 0 Å². The van der Waals surface area contributed by atoms with Crippen molar-refractivity contribution in [1.29, 1.82) is 0 Å². The number of benzene rings is 1. The quantitative estimate of drug-likeness (QED) is 0.769. The smallest absolute Gasteiger partial charge is 0.366 e. The molecule has 1 heterocycles. The molecule has 1 fully saturated rings. The Kier molecular flexibility index (Phi) is 5.64. The maximum atomic E-state index is 13.2. The van der Waals surface area contributed by atoms with Crippen LogP contribution < -0.4 is 10.6 Å². The van der Waals surface area contributed by atoms with Crippen LogP contribution in [0.1, 0.15) is 48.9 Å². The van der Waals surface area contributed by atoms with E-state index < -0.39 is 11.9 Å². The van der Waals surface area contributed by atoms with Crippen molar-refractivity contribution < 1.29 is 13.2 Å². The van der Waals surface area contributed by atoms with E-state index in [0.717, 1.165) is 42.9 Å². The highest BCUT2D eigenvalue weighted by Crippen LogP contribution is 2.30. The molecule has 1 aliphatic carbocycles. The van der Waals surface area contributed by atoms with Crippen LogP contribution >= 0.6 is 0 Å². The molecule has 0 saturated heterocycles. The minimum absolute atomic E-state index is 0.0407. The van der Waals surface area contributed by atoms with Crippen molar-refractivity contribution in [1.82, 2.24) is 9.97 Å². The molecule has 1 aromatic heterocycles. The molecule has 2 aromatic rings. The van der Waals surface area contributed by atoms with Crippen LogP contribution in [0.15, 0.2) is 30.3 Å². The predicted molar refractivity (Wildman–Crippen MR) is 96.0 cm³/mol. The second kappa shape index (κ2) is 7.93. The van der Waals surface area contributed by atoms with Gasteiger partial charge in [0.05, 0.1) is 0 Å². The molecule has 1 aliphatic rings. The summed E-state index contributed by atoms with van der Waals surface area (Å²) in [5.41, 5.74) is 1.16. The highest BCUT2D eigenvalue weighted by molar-refractivity contribution is 5.44. The van der Waals surface area contributed by atoms with Gasteiger partial charge < -0.3 is 10.6 Å². The van der Waals surface area contributed by atoms with E-state index in [2.05, 4.69) is 20.6 Å². The molecule has 2 N–H and O–H groups in total. The summed E-state index contributed by atoms with van der Waals surface area (Å²) in [6, 6.07) is 8.84. The maximum Gasteiger partial charge on any atom is 0.433 e. The van der Waals surface area contributed by atoms with Gasteiger partial charge in [0.15, 0.2) is 5.69 Å². The molecule has 0 spiro atoms. The third-order valence-corrected chi connectivity index (χ3v) is 4.68. The van der Waals surface area contributed by atoms with Crippen molar-refractivity contribution >= 4 is 11.8 Å². The van der Waals surface area contributed by atoms with Crippen LogP contribution in [-0.2, 0) is 12.7 Å². The number of nitrogens with zero attached hydrogens (tertiary/aromatic N) is 2. The molecule has 0 aliphatic heterocycles. The Morgan fingerprint density at radius 3 is 2.50 bits per heavy atom. The Labute approximate surface area is 151 Å². The average Bonchev–Trinajstić information content (AvgIpc) is 2.61. The molecule has 4 nitrogen and oxygen atoms in total. The molecular formula is C19H23F3N4. The van der Waals surface area contributed by atoms with Crippen molar-refractivity contribution in [3.8, 4) is 0 Å². The maximum absolute atomic E-state index is 13.2. The Bertz CT molecular complexity index is 740. The van der Waals surface area contributed by atoms with E-state index in [1.54, 1.807) is 0 Å². The number of aryl methyl sites for hydroxylation is 1. The zero-order valence-electron chi connectivity index (χ0n) is 14.7. The molecule has 0 radical (unpaired) electrons. The summed E-state index contributed by atoms with van der Waals surface area (Å²) in [7, 11) is 0. The average molecular weight is 364 g/mol. The zero-order chi connectivity index (χ0) is 18.6. The fourth-order valence-corrected chi connectivity index (χ4v) is 3.17. The summed E-state index contributed by atoms with van der Waals surface area (Å²) in [4.78, 5) is 7.94. The van der Waals surface area contributed by atoms with Crippen molar-refractivity contribution in [2.75, 3.05) is 10.6 Å². The third-order valence-electron chi connectivity index (χ3n) is 4.68. The van der Waals surface area contributed by atoms with Crippen molar-refractivity contribution in [2.45, 2.75) is 57.8 Å². The van der Waals surface area contributed by atoms with Crippen LogP contribution in [0.2, 0.25) is 0 Å². The van der Waals surface area contributed by atoms with Crippen LogP contribution in [0, 0.1) is 6.92 Å². The second-order valence-electron chi connectivity index (χ2n) is 6.72. The summed E-state index contributed by atoms with van der Waals surface area (Å²) in [6.07, 6.45) is 0.692. The summed E-state index contributed by atoms with van der Waals surface area (Å²) < 4.78 is 39.6. The molecule has 140 valence electrons. The SMILES string of the molecule is Cc1ccccc1CNc1cc(C(F)(F)F)nc(NC2CCCCC2)n1. The molecule has 1 aromatic carbocycles. The number of alkyl halides is 3. The summed E-state index contributed by atoms with van der Waals surface area (Å²) in [5, 5.41) is 6.08. The van der Waals surface area contributed by atoms with Gasteiger partial charge in [-0.15, -0.1) is 0 Å². The molecular weight excluding hydrogens is 341 g/mol. The Hall–Kier alpha value is -2.31. The van der Waals surface area contributed by atoms with E-state index >= 15 is 0 Å². The molecule has 26 heavy (non-hydrogen) atoms. The van der Waals surface area contributed by atoms with E-state index in [4.69, 9.17) is 0 Å². The lowest BCUT2D eigenvalue weighted by Crippen LogP contribution is -2.24. The minimum Gasteiger partial charge on any atom is -0.366 e. The number of nitrogens with one attached hydrogen (secondary N) is 2. The van der Waals surface area contributed by atoms with Crippen molar-refractivity contribution in [2.24, 2.45) is 0 Å². The van der Waals surface area contributed by atoms with E-state index in [9.17, 15) is 13.2 Å². The topological polar surface area (TPSA) is 49.8 Å². The number of anilines is 2. The first kappa shape index (κ1) is 18.5. The monoisotopic (exact) mass is 364 g/mol. The first-order chi connectivity index (χ1) is 12.4. The predicted octanol–water partition coefficient (Wildman–Crippen LogP) is 5.16. The lowest BCUT2D eigenvalue weighted by molar-refractivity contribution is -0.141. The molecule has 0 atom stereocenters. The number of hydrogen-bond acceptors (Lipinski definition) is 4. The second-order valence-corrected chi connectivity index (χ2v) is 6.72. The van der Waals surface area contributed by atoms with Gasteiger partial charge in [0, 0.05) is 18.7 Å². The zero-order valence-corrected chi connectivity index (χ0v) is 14.7. The van der Waals surface area contributed by atoms with E-state index in [1.807, 2.05) is 31.2 Å². The van der Waals surface area contributed by atoms with Gasteiger partial charge in [-0.3, -0.25) is 0 Å². The van der Waals surface area contributed by atoms with Crippen LogP contribution in [0.4, 0.5) is 24.9 Å². The van der Waals surface area contributed by atoms with Gasteiger partial charge in [-0.25, -0.2) is 4.98 Å². The van der Waals surface area contributed by atoms with E-state index in [0.29, 0.717) is 6.54 Å². The largest absolute Gasteiger partial charge is 0.433 e. The van der Waals surface area contributed by atoms with Gasteiger partial charge in [-0.1, -0.05) is 43.5 Å². The van der Waals surface area contributed by atoms with Crippen LogP contribution in [0.5, 0.6) is 0 Å². The first-order valence-corrected chi connectivity index (χ1v) is 8.93. The van der Waals surface area contributed by atoms with Gasteiger partial charge in [0.25, 0.3) is 0 Å². The van der Waals surface area contributed by atoms with Crippen LogP contribution in [0.3, 0.4) is 0 Å². The molecule has 0 amide bonds. The first-order valence-electron chi connectivity index (χ1n) is 8.93. The van der Waals surface area contributed by atoms with Crippen LogP contribution in [-0.4, -0.2) is 16.0 Å². The minimum atomic E-state index is -4.51. The Morgan fingerprint density at radius 2 is 1.81 bits per heavy atom. The summed E-state index contributed by atoms with van der Waals surface area (Å²) in [5.74, 6) is 0.216. The summed E-state index contributed by atoms with van der Waals surface area (Å²) >= 11 is 0. The molecule has 7 heteroatoms. The van der Waals surface area contributed by atoms with Gasteiger partial charge in [0.2, 0.25) is 5.95 Å². The fraction of sp³-hybridized carbons (Fsp3) is 0.474. The standard InChI is InChI=1S/C19H23F3N4/c1-13-7-5-6-8-14(13)12-23-17-11-16(19(20,21)22)25-18(26-17)24-15-9-3-2-4-10-15/h5-8,11,15H,2-4,9-10,12H2,1H3,(H2,23,24,25,26).